The Morgan fingerprint density at radius 1 is 1.06 bits per heavy atom. The summed E-state index contributed by atoms with van der Waals surface area (Å²) >= 11 is 0. The van der Waals surface area contributed by atoms with E-state index in [0.717, 1.165) is 18.5 Å². The lowest BCUT2D eigenvalue weighted by Crippen LogP contribution is -2.57. The monoisotopic (exact) mass is 426 g/mol. The lowest BCUT2D eigenvalue weighted by atomic mass is 9.85. The molecule has 0 radical (unpaired) electrons. The van der Waals surface area contributed by atoms with Crippen molar-refractivity contribution in [2.24, 2.45) is 0 Å². The zero-order valence-electron chi connectivity index (χ0n) is 18.8. The number of imide groups is 1. The van der Waals surface area contributed by atoms with Gasteiger partial charge in [0.1, 0.15) is 5.54 Å². The third kappa shape index (κ3) is 4.07. The summed E-state index contributed by atoms with van der Waals surface area (Å²) in [7, 11) is 2.10. The molecule has 1 atom stereocenters. The second kappa shape index (κ2) is 8.99. The summed E-state index contributed by atoms with van der Waals surface area (Å²) in [5.41, 5.74) is 0.182. The van der Waals surface area contributed by atoms with Crippen LogP contribution in [0.3, 0.4) is 0 Å². The molecule has 3 aliphatic rings. The highest BCUT2D eigenvalue weighted by Gasteiger charge is 2.57. The average molecular weight is 427 g/mol. The number of likely N-dealkylation sites (N-methyl/N-ethyl adjacent to an activating group) is 1. The van der Waals surface area contributed by atoms with Crippen LogP contribution in [0.25, 0.3) is 0 Å². The highest BCUT2D eigenvalue weighted by molar-refractivity contribution is 6.07. The Labute approximate surface area is 185 Å². The Hall–Kier alpha value is -2.41. The zero-order valence-corrected chi connectivity index (χ0v) is 18.8. The Morgan fingerprint density at radius 3 is 2.42 bits per heavy atom. The van der Waals surface area contributed by atoms with Gasteiger partial charge >= 0.3 is 6.03 Å². The minimum Gasteiger partial charge on any atom is -0.342 e. The van der Waals surface area contributed by atoms with Gasteiger partial charge in [-0.15, -0.1) is 0 Å². The van der Waals surface area contributed by atoms with Crippen molar-refractivity contribution >= 4 is 17.8 Å². The summed E-state index contributed by atoms with van der Waals surface area (Å²) < 4.78 is 0. The largest absolute Gasteiger partial charge is 0.342 e. The molecule has 3 saturated heterocycles. The maximum Gasteiger partial charge on any atom is 0.327 e. The van der Waals surface area contributed by atoms with Crippen LogP contribution in [0.15, 0.2) is 30.3 Å². The Balaban J connectivity index is 1.46. The molecule has 0 saturated carbocycles. The first-order valence-corrected chi connectivity index (χ1v) is 11.6. The van der Waals surface area contributed by atoms with Gasteiger partial charge < -0.3 is 14.7 Å². The van der Waals surface area contributed by atoms with Gasteiger partial charge in [0.25, 0.3) is 5.91 Å². The van der Waals surface area contributed by atoms with Crippen LogP contribution in [0.1, 0.15) is 51.0 Å². The van der Waals surface area contributed by atoms with Gasteiger partial charge in [0, 0.05) is 38.6 Å². The first-order valence-electron chi connectivity index (χ1n) is 11.6. The third-order valence-corrected chi connectivity index (χ3v) is 7.40. The number of nitrogens with zero attached hydrogens (tertiary/aromatic N) is 4. The molecule has 1 spiro atoms. The quantitative estimate of drug-likeness (QED) is 0.679. The first-order chi connectivity index (χ1) is 15.0. The summed E-state index contributed by atoms with van der Waals surface area (Å²) in [6, 6.07) is 9.93. The molecule has 4 amide bonds. The molecule has 1 aromatic rings. The SMILES string of the molecule is CCN1C(=O)N(Cc2ccccc2)C2(CCN(C(=O)CC3CCCCN3C)CC2)C1=O. The lowest BCUT2D eigenvalue weighted by molar-refractivity contribution is -0.141. The van der Waals surface area contributed by atoms with Gasteiger partial charge in [0.2, 0.25) is 5.91 Å². The van der Waals surface area contributed by atoms with E-state index in [1.807, 2.05) is 42.2 Å². The molecular weight excluding hydrogens is 392 g/mol. The maximum absolute atomic E-state index is 13.3. The van der Waals surface area contributed by atoms with Gasteiger partial charge in [-0.2, -0.15) is 0 Å². The number of benzene rings is 1. The molecule has 0 N–H and O–H groups in total. The van der Waals surface area contributed by atoms with Gasteiger partial charge in [0.05, 0.1) is 0 Å². The van der Waals surface area contributed by atoms with Crippen LogP contribution >= 0.6 is 0 Å². The summed E-state index contributed by atoms with van der Waals surface area (Å²) in [4.78, 5) is 46.7. The van der Waals surface area contributed by atoms with Crippen molar-refractivity contribution in [3.63, 3.8) is 0 Å². The number of urea groups is 1. The van der Waals surface area contributed by atoms with Gasteiger partial charge in [-0.25, -0.2) is 4.79 Å². The van der Waals surface area contributed by atoms with Crippen molar-refractivity contribution in [2.45, 2.75) is 63.6 Å². The Kier molecular flexibility index (Phi) is 6.32. The van der Waals surface area contributed by atoms with Crippen LogP contribution < -0.4 is 0 Å². The number of hydrogen-bond acceptors (Lipinski definition) is 4. The summed E-state index contributed by atoms with van der Waals surface area (Å²) in [6.45, 7) is 4.74. The zero-order chi connectivity index (χ0) is 22.0. The fraction of sp³-hybridized carbons (Fsp3) is 0.625. The molecule has 4 rings (SSSR count). The number of amides is 4. The predicted octanol–water partition coefficient (Wildman–Crippen LogP) is 2.71. The average Bonchev–Trinajstić information content (AvgIpc) is 2.97. The normalized spacial score (nSPS) is 24.3. The summed E-state index contributed by atoms with van der Waals surface area (Å²) in [5.74, 6) is 0.0716. The minimum atomic E-state index is -0.832. The van der Waals surface area contributed by atoms with Gasteiger partial charge in [-0.1, -0.05) is 36.8 Å². The van der Waals surface area contributed by atoms with E-state index in [1.165, 1.54) is 17.7 Å². The number of piperidine rings is 2. The number of carbonyl (C=O) groups excluding carboxylic acids is 3. The molecule has 7 nitrogen and oxygen atoms in total. The molecule has 0 aliphatic carbocycles. The second-order valence-electron chi connectivity index (χ2n) is 9.15. The van der Waals surface area contributed by atoms with Crippen molar-refractivity contribution < 1.29 is 14.4 Å². The fourth-order valence-electron chi connectivity index (χ4n) is 5.39. The van der Waals surface area contributed by atoms with E-state index in [1.54, 1.807) is 4.90 Å². The van der Waals surface area contributed by atoms with E-state index in [0.29, 0.717) is 51.5 Å². The predicted molar refractivity (Wildman–Crippen MR) is 118 cm³/mol. The molecule has 3 heterocycles. The molecule has 1 unspecified atom stereocenters. The number of hydrogen-bond donors (Lipinski definition) is 0. The molecule has 31 heavy (non-hydrogen) atoms. The van der Waals surface area contributed by atoms with Crippen molar-refractivity contribution in [1.82, 2.24) is 19.6 Å². The van der Waals surface area contributed by atoms with Gasteiger partial charge in [0.15, 0.2) is 0 Å². The fourth-order valence-corrected chi connectivity index (χ4v) is 5.39. The second-order valence-corrected chi connectivity index (χ2v) is 9.15. The molecule has 7 heteroatoms. The summed E-state index contributed by atoms with van der Waals surface area (Å²) in [5, 5.41) is 0. The Bertz CT molecular complexity index is 819. The van der Waals surface area contributed by atoms with Gasteiger partial charge in [-0.3, -0.25) is 14.5 Å². The van der Waals surface area contributed by atoms with Crippen molar-refractivity contribution in [3.05, 3.63) is 35.9 Å². The van der Waals surface area contributed by atoms with Crippen molar-refractivity contribution in [2.75, 3.05) is 33.2 Å². The Morgan fingerprint density at radius 2 is 1.77 bits per heavy atom. The summed E-state index contributed by atoms with van der Waals surface area (Å²) in [6.07, 6.45) is 5.02. The molecule has 168 valence electrons. The van der Waals surface area contributed by atoms with Gasteiger partial charge in [-0.05, 0) is 51.8 Å². The number of likely N-dealkylation sites (tertiary alicyclic amines) is 2. The molecule has 0 bridgehead atoms. The lowest BCUT2D eigenvalue weighted by Gasteiger charge is -2.43. The van der Waals surface area contributed by atoms with Crippen molar-refractivity contribution in [3.8, 4) is 0 Å². The van der Waals surface area contributed by atoms with E-state index in [2.05, 4.69) is 11.9 Å². The smallest absolute Gasteiger partial charge is 0.327 e. The van der Waals surface area contributed by atoms with Crippen LogP contribution in [0.2, 0.25) is 0 Å². The van der Waals surface area contributed by atoms with Crippen LogP contribution in [-0.2, 0) is 16.1 Å². The molecule has 1 aromatic carbocycles. The highest BCUT2D eigenvalue weighted by atomic mass is 16.2. The van der Waals surface area contributed by atoms with Crippen LogP contribution in [0.4, 0.5) is 4.79 Å². The van der Waals surface area contributed by atoms with Crippen molar-refractivity contribution in [1.29, 1.82) is 0 Å². The van der Waals surface area contributed by atoms with E-state index < -0.39 is 5.54 Å². The number of rotatable bonds is 5. The van der Waals surface area contributed by atoms with E-state index in [4.69, 9.17) is 0 Å². The first kappa shape index (κ1) is 21.8. The molecule has 3 aliphatic heterocycles. The topological polar surface area (TPSA) is 64.2 Å². The van der Waals surface area contributed by atoms with E-state index >= 15 is 0 Å². The molecule has 3 fully saturated rings. The van der Waals surface area contributed by atoms with E-state index in [-0.39, 0.29) is 17.8 Å². The van der Waals surface area contributed by atoms with Crippen LogP contribution in [0, 0.1) is 0 Å². The van der Waals surface area contributed by atoms with Crippen LogP contribution in [0.5, 0.6) is 0 Å². The molecule has 0 aromatic heterocycles. The highest BCUT2D eigenvalue weighted by Crippen LogP contribution is 2.38. The standard InChI is InChI=1S/C24H34N4O3/c1-3-27-22(30)24(28(23(27)31)18-19-9-5-4-6-10-19)12-15-26(16-13-24)21(29)17-20-11-7-8-14-25(20)2/h4-6,9-10,20H,3,7-8,11-18H2,1-2H3. The number of carbonyl (C=O) groups is 3. The minimum absolute atomic E-state index is 0.102. The van der Waals surface area contributed by atoms with E-state index in [9.17, 15) is 14.4 Å². The molecular formula is C24H34N4O3. The maximum atomic E-state index is 13.3. The third-order valence-electron chi connectivity index (χ3n) is 7.40. The van der Waals surface area contributed by atoms with Crippen LogP contribution in [-0.4, -0.2) is 82.3 Å².